The van der Waals surface area contributed by atoms with Crippen molar-refractivity contribution in [2.45, 2.75) is 52.5 Å². The minimum absolute atomic E-state index is 0.115. The third kappa shape index (κ3) is 4.41. The number of hydrogen-bond donors (Lipinski definition) is 1. The van der Waals surface area contributed by atoms with Crippen molar-refractivity contribution in [3.8, 4) is 0 Å². The van der Waals surface area contributed by atoms with Crippen molar-refractivity contribution in [2.75, 3.05) is 5.32 Å². The van der Waals surface area contributed by atoms with Crippen molar-refractivity contribution in [1.29, 1.82) is 0 Å². The van der Waals surface area contributed by atoms with E-state index >= 15 is 0 Å². The van der Waals surface area contributed by atoms with Crippen LogP contribution in [0.2, 0.25) is 5.02 Å². The molecule has 0 fully saturated rings. The van der Waals surface area contributed by atoms with Crippen LogP contribution in [0, 0.1) is 5.92 Å². The number of aromatic nitrogens is 2. The molecule has 0 aliphatic heterocycles. The zero-order valence-electron chi connectivity index (χ0n) is 17.4. The van der Waals surface area contributed by atoms with Gasteiger partial charge in [0.05, 0.1) is 11.0 Å². The molecule has 1 aliphatic rings. The molecule has 1 N–H and O–H groups in total. The summed E-state index contributed by atoms with van der Waals surface area (Å²) in [5.74, 6) is 0.190. The van der Waals surface area contributed by atoms with E-state index in [4.69, 9.17) is 11.6 Å². The van der Waals surface area contributed by atoms with Gasteiger partial charge in [0.1, 0.15) is 5.69 Å². The summed E-state index contributed by atoms with van der Waals surface area (Å²) >= 11 is 6.14. The second-order valence-corrected chi connectivity index (χ2v) is 8.82. The van der Waals surface area contributed by atoms with Gasteiger partial charge in [-0.15, -0.1) is 0 Å². The average Bonchev–Trinajstić information content (AvgIpc) is 3.16. The standard InChI is InChI=1S/C24H26ClN3O2/c1-15(2)14-28-22-10-7-18(25)13-21(22)27-20(24(28)30)9-11-23(29)26-19-8-6-16-4-3-5-17(16)12-19/h6-8,10,12-13,15H,3-5,9,11,14H2,1-2H3,(H,26,29). The molecule has 0 bridgehead atoms. The number of fused-ring (bicyclic) bond motifs is 2. The highest BCUT2D eigenvalue weighted by molar-refractivity contribution is 6.31. The van der Waals surface area contributed by atoms with Crippen LogP contribution >= 0.6 is 11.6 Å². The number of benzene rings is 2. The lowest BCUT2D eigenvalue weighted by Crippen LogP contribution is -2.28. The molecule has 6 heteroatoms. The van der Waals surface area contributed by atoms with E-state index in [0.717, 1.165) is 24.0 Å². The Labute approximate surface area is 181 Å². The lowest BCUT2D eigenvalue weighted by atomic mass is 10.1. The van der Waals surface area contributed by atoms with Gasteiger partial charge in [0.25, 0.3) is 5.56 Å². The molecule has 1 heterocycles. The van der Waals surface area contributed by atoms with Crippen LogP contribution in [0.4, 0.5) is 5.69 Å². The van der Waals surface area contributed by atoms with Crippen LogP contribution < -0.4 is 10.9 Å². The number of hydrogen-bond acceptors (Lipinski definition) is 3. The Hall–Kier alpha value is -2.66. The molecule has 0 saturated heterocycles. The number of amides is 1. The number of aryl methyl sites for hydroxylation is 3. The van der Waals surface area contributed by atoms with E-state index < -0.39 is 0 Å². The van der Waals surface area contributed by atoms with Gasteiger partial charge in [-0.2, -0.15) is 0 Å². The van der Waals surface area contributed by atoms with E-state index in [-0.39, 0.29) is 24.3 Å². The van der Waals surface area contributed by atoms with E-state index in [2.05, 4.69) is 36.3 Å². The van der Waals surface area contributed by atoms with E-state index in [1.54, 1.807) is 16.7 Å². The third-order valence-electron chi connectivity index (χ3n) is 5.49. The molecule has 0 saturated carbocycles. The molecule has 5 nitrogen and oxygen atoms in total. The zero-order valence-corrected chi connectivity index (χ0v) is 18.1. The van der Waals surface area contributed by atoms with Crippen LogP contribution in [0.1, 0.15) is 43.5 Å². The fraction of sp³-hybridized carbons (Fsp3) is 0.375. The zero-order chi connectivity index (χ0) is 21.3. The summed E-state index contributed by atoms with van der Waals surface area (Å²) in [6.45, 7) is 4.73. The smallest absolute Gasteiger partial charge is 0.272 e. The molecule has 1 aromatic heterocycles. The number of carbonyl (C=O) groups excluding carboxylic acids is 1. The number of anilines is 1. The Bertz CT molecular complexity index is 1170. The number of nitrogens with zero attached hydrogens (tertiary/aromatic N) is 2. The first-order valence-electron chi connectivity index (χ1n) is 10.5. The van der Waals surface area contributed by atoms with Crippen molar-refractivity contribution >= 4 is 34.2 Å². The fourth-order valence-corrected chi connectivity index (χ4v) is 4.25. The summed E-state index contributed by atoms with van der Waals surface area (Å²) in [6.07, 6.45) is 3.85. The largest absolute Gasteiger partial charge is 0.326 e. The molecule has 0 unspecified atom stereocenters. The van der Waals surface area contributed by atoms with Crippen LogP contribution in [0.25, 0.3) is 11.0 Å². The van der Waals surface area contributed by atoms with Gasteiger partial charge in [-0.1, -0.05) is 31.5 Å². The summed E-state index contributed by atoms with van der Waals surface area (Å²) in [5, 5.41) is 3.53. The van der Waals surface area contributed by atoms with Crippen molar-refractivity contribution in [2.24, 2.45) is 5.92 Å². The average molecular weight is 424 g/mol. The topological polar surface area (TPSA) is 64.0 Å². The lowest BCUT2D eigenvalue weighted by Gasteiger charge is -2.14. The van der Waals surface area contributed by atoms with Crippen LogP contribution in [-0.2, 0) is 30.6 Å². The molecule has 0 radical (unpaired) electrons. The van der Waals surface area contributed by atoms with Crippen molar-refractivity contribution in [1.82, 2.24) is 9.55 Å². The molecular formula is C24H26ClN3O2. The number of nitrogens with one attached hydrogen (secondary N) is 1. The first-order chi connectivity index (χ1) is 14.4. The Morgan fingerprint density at radius 3 is 2.77 bits per heavy atom. The molecular weight excluding hydrogens is 398 g/mol. The van der Waals surface area contributed by atoms with Crippen LogP contribution in [0.3, 0.4) is 0 Å². The van der Waals surface area contributed by atoms with Crippen LogP contribution in [0.15, 0.2) is 41.2 Å². The Kier molecular flexibility index (Phi) is 5.91. The van der Waals surface area contributed by atoms with Crippen LogP contribution in [0.5, 0.6) is 0 Å². The van der Waals surface area contributed by atoms with Gasteiger partial charge in [0.15, 0.2) is 0 Å². The van der Waals surface area contributed by atoms with Gasteiger partial charge in [-0.25, -0.2) is 4.98 Å². The SMILES string of the molecule is CC(C)Cn1c(=O)c(CCC(=O)Nc2ccc3c(c2)CCC3)nc2cc(Cl)ccc21. The second-order valence-electron chi connectivity index (χ2n) is 8.39. The van der Waals surface area contributed by atoms with Gasteiger partial charge in [-0.3, -0.25) is 9.59 Å². The molecule has 0 atom stereocenters. The first-order valence-corrected chi connectivity index (χ1v) is 10.9. The maximum atomic E-state index is 13.0. The van der Waals surface area contributed by atoms with Crippen LogP contribution in [-0.4, -0.2) is 15.5 Å². The molecule has 1 amide bonds. The quantitative estimate of drug-likeness (QED) is 0.621. The first kappa shape index (κ1) is 20.6. The molecule has 2 aromatic carbocycles. The second kappa shape index (κ2) is 8.60. The highest BCUT2D eigenvalue weighted by Crippen LogP contribution is 2.25. The summed E-state index contributed by atoms with van der Waals surface area (Å²) in [6, 6.07) is 11.5. The van der Waals surface area contributed by atoms with Gasteiger partial charge in [0.2, 0.25) is 5.91 Å². The Morgan fingerprint density at radius 2 is 1.97 bits per heavy atom. The third-order valence-corrected chi connectivity index (χ3v) is 5.73. The van der Waals surface area contributed by atoms with Gasteiger partial charge in [0, 0.05) is 30.1 Å². The van der Waals surface area contributed by atoms with Crippen molar-refractivity contribution in [3.63, 3.8) is 0 Å². The summed E-state index contributed by atoms with van der Waals surface area (Å²) in [5.41, 5.74) is 5.21. The normalized spacial score (nSPS) is 13.1. The number of halogens is 1. The molecule has 156 valence electrons. The number of rotatable bonds is 6. The van der Waals surface area contributed by atoms with E-state index in [9.17, 15) is 9.59 Å². The Morgan fingerprint density at radius 1 is 1.17 bits per heavy atom. The van der Waals surface area contributed by atoms with Gasteiger partial charge >= 0.3 is 0 Å². The summed E-state index contributed by atoms with van der Waals surface area (Å²) in [4.78, 5) is 30.1. The molecule has 4 rings (SSSR count). The lowest BCUT2D eigenvalue weighted by molar-refractivity contribution is -0.116. The molecule has 30 heavy (non-hydrogen) atoms. The van der Waals surface area contributed by atoms with Gasteiger partial charge in [-0.05, 0) is 66.6 Å². The highest BCUT2D eigenvalue weighted by Gasteiger charge is 2.15. The molecule has 0 spiro atoms. The summed E-state index contributed by atoms with van der Waals surface area (Å²) < 4.78 is 1.75. The van der Waals surface area contributed by atoms with Crippen molar-refractivity contribution in [3.05, 3.63) is 68.6 Å². The maximum absolute atomic E-state index is 13.0. The highest BCUT2D eigenvalue weighted by atomic mass is 35.5. The van der Waals surface area contributed by atoms with Crippen molar-refractivity contribution < 1.29 is 4.79 Å². The summed E-state index contributed by atoms with van der Waals surface area (Å²) in [7, 11) is 0. The van der Waals surface area contributed by atoms with E-state index in [0.29, 0.717) is 28.7 Å². The predicted octanol–water partition coefficient (Wildman–Crippen LogP) is 4.77. The Balaban J connectivity index is 1.53. The minimum atomic E-state index is -0.135. The molecule has 1 aliphatic carbocycles. The predicted molar refractivity (Wildman–Crippen MR) is 121 cm³/mol. The number of carbonyl (C=O) groups is 1. The maximum Gasteiger partial charge on any atom is 0.272 e. The van der Waals surface area contributed by atoms with E-state index in [1.807, 2.05) is 12.1 Å². The van der Waals surface area contributed by atoms with Gasteiger partial charge < -0.3 is 9.88 Å². The van der Waals surface area contributed by atoms with E-state index in [1.165, 1.54) is 17.5 Å². The minimum Gasteiger partial charge on any atom is -0.326 e. The molecule has 3 aromatic rings. The monoisotopic (exact) mass is 423 g/mol. The fourth-order valence-electron chi connectivity index (χ4n) is 4.09.